The Morgan fingerprint density at radius 3 is 2.65 bits per heavy atom. The molecular weight excluding hydrogens is 254 g/mol. The number of aromatic hydroxyl groups is 1. The highest BCUT2D eigenvalue weighted by atomic mass is 16.3. The molecule has 108 valence electrons. The van der Waals surface area contributed by atoms with Gasteiger partial charge in [-0.2, -0.15) is 5.10 Å². The summed E-state index contributed by atoms with van der Waals surface area (Å²) in [4.78, 5) is 11.6. The molecule has 0 bridgehead atoms. The van der Waals surface area contributed by atoms with Gasteiger partial charge in [-0.25, -0.2) is 5.43 Å². The number of benzene rings is 1. The predicted octanol–water partition coefficient (Wildman–Crippen LogP) is 1.76. The molecule has 20 heavy (non-hydrogen) atoms. The topological polar surface area (TPSA) is 73.7 Å². The monoisotopic (exact) mass is 275 g/mol. The van der Waals surface area contributed by atoms with Gasteiger partial charge in [-0.1, -0.05) is 19.3 Å². The molecule has 5 heteroatoms. The van der Waals surface area contributed by atoms with Gasteiger partial charge in [0.15, 0.2) is 0 Å². The highest BCUT2D eigenvalue weighted by molar-refractivity contribution is 5.83. The van der Waals surface area contributed by atoms with Crippen molar-refractivity contribution in [3.63, 3.8) is 0 Å². The molecule has 5 nitrogen and oxygen atoms in total. The van der Waals surface area contributed by atoms with Gasteiger partial charge in [0.2, 0.25) is 0 Å². The maximum Gasteiger partial charge on any atom is 0.254 e. The van der Waals surface area contributed by atoms with Crippen molar-refractivity contribution in [3.05, 3.63) is 29.8 Å². The predicted molar refractivity (Wildman–Crippen MR) is 78.7 cm³/mol. The maximum atomic E-state index is 11.6. The Hall–Kier alpha value is -1.88. The highest BCUT2D eigenvalue weighted by Crippen LogP contribution is 2.16. The van der Waals surface area contributed by atoms with Crippen molar-refractivity contribution < 1.29 is 9.90 Å². The van der Waals surface area contributed by atoms with Crippen LogP contribution in [0.3, 0.4) is 0 Å². The summed E-state index contributed by atoms with van der Waals surface area (Å²) in [6, 6.07) is 7.08. The molecule has 1 fully saturated rings. The first-order valence-electron chi connectivity index (χ1n) is 7.08. The summed E-state index contributed by atoms with van der Waals surface area (Å²) in [5.74, 6) is 0.0773. The van der Waals surface area contributed by atoms with Crippen molar-refractivity contribution in [2.45, 2.75) is 38.1 Å². The zero-order chi connectivity index (χ0) is 14.2. The zero-order valence-electron chi connectivity index (χ0n) is 11.5. The minimum Gasteiger partial charge on any atom is -0.508 e. The van der Waals surface area contributed by atoms with Crippen LogP contribution in [-0.4, -0.2) is 29.8 Å². The van der Waals surface area contributed by atoms with E-state index < -0.39 is 0 Å². The average molecular weight is 275 g/mol. The second-order valence-electron chi connectivity index (χ2n) is 5.10. The van der Waals surface area contributed by atoms with Crippen molar-refractivity contribution in [1.82, 2.24) is 10.7 Å². The van der Waals surface area contributed by atoms with Crippen LogP contribution >= 0.6 is 0 Å². The van der Waals surface area contributed by atoms with Crippen LogP contribution in [0, 0.1) is 0 Å². The first kappa shape index (κ1) is 14.5. The Labute approximate surface area is 119 Å². The number of nitrogens with zero attached hydrogens (tertiary/aromatic N) is 1. The fourth-order valence-corrected chi connectivity index (χ4v) is 2.32. The minimum absolute atomic E-state index is 0.134. The van der Waals surface area contributed by atoms with Crippen LogP contribution in [-0.2, 0) is 4.79 Å². The lowest BCUT2D eigenvalue weighted by Crippen LogP contribution is -2.38. The van der Waals surface area contributed by atoms with Crippen molar-refractivity contribution >= 4 is 12.1 Å². The molecule has 0 heterocycles. The molecule has 0 radical (unpaired) electrons. The molecule has 2 rings (SSSR count). The third kappa shape index (κ3) is 5.01. The van der Waals surface area contributed by atoms with Gasteiger partial charge in [0.25, 0.3) is 5.91 Å². The van der Waals surface area contributed by atoms with E-state index in [0.717, 1.165) is 18.4 Å². The van der Waals surface area contributed by atoms with E-state index >= 15 is 0 Å². The fraction of sp³-hybridized carbons (Fsp3) is 0.467. The van der Waals surface area contributed by atoms with Gasteiger partial charge in [-0.3, -0.25) is 4.79 Å². The summed E-state index contributed by atoms with van der Waals surface area (Å²) in [6.07, 6.45) is 7.67. The van der Waals surface area contributed by atoms with E-state index in [0.29, 0.717) is 12.6 Å². The molecule has 0 unspecified atom stereocenters. The molecule has 0 saturated heterocycles. The number of nitrogens with one attached hydrogen (secondary N) is 2. The fourth-order valence-electron chi connectivity index (χ4n) is 2.32. The summed E-state index contributed by atoms with van der Waals surface area (Å²) >= 11 is 0. The SMILES string of the molecule is O=C(CNC1CCCCC1)N/N=C/c1ccc(O)cc1. The Morgan fingerprint density at radius 1 is 1.25 bits per heavy atom. The number of carbonyl (C=O) groups is 1. The van der Waals surface area contributed by atoms with Gasteiger partial charge in [0, 0.05) is 6.04 Å². The van der Waals surface area contributed by atoms with Crippen LogP contribution in [0.1, 0.15) is 37.7 Å². The second-order valence-corrected chi connectivity index (χ2v) is 5.10. The highest BCUT2D eigenvalue weighted by Gasteiger charge is 2.13. The van der Waals surface area contributed by atoms with E-state index in [2.05, 4.69) is 15.8 Å². The van der Waals surface area contributed by atoms with Crippen LogP contribution in [0.15, 0.2) is 29.4 Å². The molecule has 0 atom stereocenters. The van der Waals surface area contributed by atoms with Crippen LogP contribution in [0.25, 0.3) is 0 Å². The summed E-state index contributed by atoms with van der Waals surface area (Å²) in [5, 5.41) is 16.3. The van der Waals surface area contributed by atoms with E-state index in [-0.39, 0.29) is 11.7 Å². The lowest BCUT2D eigenvalue weighted by molar-refractivity contribution is -0.120. The number of phenolic OH excluding ortho intramolecular Hbond substituents is 1. The van der Waals surface area contributed by atoms with Gasteiger partial charge in [-0.15, -0.1) is 0 Å². The largest absolute Gasteiger partial charge is 0.508 e. The van der Waals surface area contributed by atoms with Crippen LogP contribution in [0.4, 0.5) is 0 Å². The summed E-state index contributed by atoms with van der Waals surface area (Å²) in [6.45, 7) is 0.303. The van der Waals surface area contributed by atoms with E-state index in [4.69, 9.17) is 5.11 Å². The van der Waals surface area contributed by atoms with Crippen molar-refractivity contribution in [2.75, 3.05) is 6.54 Å². The lowest BCUT2D eigenvalue weighted by atomic mass is 9.95. The molecule has 0 aliphatic heterocycles. The first-order valence-corrected chi connectivity index (χ1v) is 7.08. The van der Waals surface area contributed by atoms with Gasteiger partial charge >= 0.3 is 0 Å². The quantitative estimate of drug-likeness (QED) is 0.566. The molecule has 3 N–H and O–H groups in total. The van der Waals surface area contributed by atoms with Crippen LogP contribution in [0.2, 0.25) is 0 Å². The average Bonchev–Trinajstić information content (AvgIpc) is 2.48. The summed E-state index contributed by atoms with van der Waals surface area (Å²) in [5.41, 5.74) is 3.31. The third-order valence-corrected chi connectivity index (χ3v) is 3.45. The smallest absolute Gasteiger partial charge is 0.254 e. The Kier molecular flexibility index (Phi) is 5.55. The Bertz CT molecular complexity index is 451. The van der Waals surface area contributed by atoms with Crippen molar-refractivity contribution in [1.29, 1.82) is 0 Å². The van der Waals surface area contributed by atoms with Gasteiger partial charge in [-0.05, 0) is 42.7 Å². The number of hydrogen-bond acceptors (Lipinski definition) is 4. The first-order chi connectivity index (χ1) is 9.74. The number of amides is 1. The summed E-state index contributed by atoms with van der Waals surface area (Å²) in [7, 11) is 0. The Balaban J connectivity index is 1.67. The van der Waals surface area contributed by atoms with Crippen LogP contribution in [0.5, 0.6) is 5.75 Å². The minimum atomic E-state index is -0.134. The molecule has 0 spiro atoms. The number of phenols is 1. The van der Waals surface area contributed by atoms with E-state index in [1.54, 1.807) is 30.5 Å². The van der Waals surface area contributed by atoms with Crippen LogP contribution < -0.4 is 10.7 Å². The lowest BCUT2D eigenvalue weighted by Gasteiger charge is -2.22. The molecule has 1 amide bonds. The van der Waals surface area contributed by atoms with Gasteiger partial charge < -0.3 is 10.4 Å². The molecular formula is C15H21N3O2. The van der Waals surface area contributed by atoms with Gasteiger partial charge in [0.05, 0.1) is 12.8 Å². The molecule has 0 aromatic heterocycles. The van der Waals surface area contributed by atoms with Gasteiger partial charge in [0.1, 0.15) is 5.75 Å². The zero-order valence-corrected chi connectivity index (χ0v) is 11.5. The molecule has 1 aromatic rings. The molecule has 1 aliphatic carbocycles. The second kappa shape index (κ2) is 7.65. The van der Waals surface area contributed by atoms with Crippen molar-refractivity contribution in [2.24, 2.45) is 5.10 Å². The van der Waals surface area contributed by atoms with Crippen molar-refractivity contribution in [3.8, 4) is 5.75 Å². The molecule has 1 aromatic carbocycles. The maximum absolute atomic E-state index is 11.6. The van der Waals surface area contributed by atoms with E-state index in [1.165, 1.54) is 19.3 Å². The molecule has 1 saturated carbocycles. The molecule has 1 aliphatic rings. The number of hydrazone groups is 1. The number of rotatable bonds is 5. The third-order valence-electron chi connectivity index (χ3n) is 3.45. The summed E-state index contributed by atoms with van der Waals surface area (Å²) < 4.78 is 0. The Morgan fingerprint density at radius 2 is 1.95 bits per heavy atom. The van der Waals surface area contributed by atoms with E-state index in [9.17, 15) is 4.79 Å². The van der Waals surface area contributed by atoms with E-state index in [1.807, 2.05) is 0 Å². The number of hydrogen-bond donors (Lipinski definition) is 3. The standard InChI is InChI=1S/C15H21N3O2/c19-14-8-6-12(7-9-14)10-17-18-15(20)11-16-13-4-2-1-3-5-13/h6-10,13,16,19H,1-5,11H2,(H,18,20)/b17-10+. The normalized spacial score (nSPS) is 16.4. The number of carbonyl (C=O) groups excluding carboxylic acids is 1.